The lowest BCUT2D eigenvalue weighted by Crippen LogP contribution is -2.11. The second-order valence-electron chi connectivity index (χ2n) is 6.68. The molecular formula is C23H20N2O2. The molecule has 0 aliphatic rings. The van der Waals surface area contributed by atoms with E-state index in [0.29, 0.717) is 5.56 Å². The quantitative estimate of drug-likeness (QED) is 0.494. The Balaban J connectivity index is 1.72. The second kappa shape index (κ2) is 7.08. The van der Waals surface area contributed by atoms with Gasteiger partial charge >= 0.3 is 5.97 Å². The molecule has 0 unspecified atom stereocenters. The van der Waals surface area contributed by atoms with E-state index in [9.17, 15) is 4.79 Å². The fraction of sp³-hybridized carbons (Fsp3) is 0.130. The van der Waals surface area contributed by atoms with Crippen molar-refractivity contribution < 1.29 is 9.53 Å². The van der Waals surface area contributed by atoms with E-state index in [-0.39, 0.29) is 12.1 Å². The Hall–Kier alpha value is -3.40. The SMILES string of the molecule is CC(C)OC(=O)c1ccc(-c2ccccc2-c2nc3ccccc3[nH]2)cc1. The van der Waals surface area contributed by atoms with Gasteiger partial charge in [-0.25, -0.2) is 9.78 Å². The summed E-state index contributed by atoms with van der Waals surface area (Å²) in [5, 5.41) is 0. The van der Waals surface area contributed by atoms with Crippen molar-refractivity contribution in [3.8, 4) is 22.5 Å². The predicted molar refractivity (Wildman–Crippen MR) is 108 cm³/mol. The zero-order valence-electron chi connectivity index (χ0n) is 15.3. The Labute approximate surface area is 157 Å². The van der Waals surface area contributed by atoms with Crippen LogP contribution >= 0.6 is 0 Å². The van der Waals surface area contributed by atoms with Crippen LogP contribution in [0.2, 0.25) is 0 Å². The Morgan fingerprint density at radius 2 is 1.56 bits per heavy atom. The number of ether oxygens (including phenoxy) is 1. The number of hydrogen-bond acceptors (Lipinski definition) is 3. The van der Waals surface area contributed by atoms with E-state index >= 15 is 0 Å². The standard InChI is InChI=1S/C23H20N2O2/c1-15(2)27-23(26)17-13-11-16(12-14-17)18-7-3-4-8-19(18)22-24-20-9-5-6-10-21(20)25-22/h3-15H,1-2H3,(H,24,25). The first kappa shape index (κ1) is 17.0. The number of carbonyl (C=O) groups excluding carboxylic acids is 1. The Bertz CT molecular complexity index is 1060. The average Bonchev–Trinajstić information content (AvgIpc) is 3.12. The van der Waals surface area contributed by atoms with Crippen molar-refractivity contribution in [2.75, 3.05) is 0 Å². The van der Waals surface area contributed by atoms with Gasteiger partial charge in [-0.2, -0.15) is 0 Å². The van der Waals surface area contributed by atoms with E-state index in [1.54, 1.807) is 12.1 Å². The van der Waals surface area contributed by atoms with Gasteiger partial charge in [0.15, 0.2) is 0 Å². The molecule has 4 aromatic rings. The van der Waals surface area contributed by atoms with Gasteiger partial charge < -0.3 is 9.72 Å². The number of imidazole rings is 1. The number of rotatable bonds is 4. The fourth-order valence-electron chi connectivity index (χ4n) is 3.09. The van der Waals surface area contributed by atoms with Crippen LogP contribution < -0.4 is 0 Å². The van der Waals surface area contributed by atoms with Crippen LogP contribution in [0.3, 0.4) is 0 Å². The van der Waals surface area contributed by atoms with Crippen LogP contribution in [0.15, 0.2) is 72.8 Å². The van der Waals surface area contributed by atoms with Crippen molar-refractivity contribution >= 4 is 17.0 Å². The van der Waals surface area contributed by atoms with Gasteiger partial charge in [-0.1, -0.05) is 48.5 Å². The summed E-state index contributed by atoms with van der Waals surface area (Å²) in [6.07, 6.45) is -0.133. The minimum atomic E-state index is -0.304. The monoisotopic (exact) mass is 356 g/mol. The number of H-pyrrole nitrogens is 1. The Morgan fingerprint density at radius 3 is 2.26 bits per heavy atom. The highest BCUT2D eigenvalue weighted by atomic mass is 16.5. The highest BCUT2D eigenvalue weighted by Crippen LogP contribution is 2.31. The predicted octanol–water partition coefficient (Wildman–Crippen LogP) is 5.46. The van der Waals surface area contributed by atoms with Gasteiger partial charge in [0.25, 0.3) is 0 Å². The molecule has 0 fully saturated rings. The maximum absolute atomic E-state index is 12.1. The molecule has 4 nitrogen and oxygen atoms in total. The summed E-state index contributed by atoms with van der Waals surface area (Å²) in [5.41, 5.74) is 5.59. The summed E-state index contributed by atoms with van der Waals surface area (Å²) in [6.45, 7) is 3.69. The third kappa shape index (κ3) is 3.47. The van der Waals surface area contributed by atoms with Gasteiger partial charge in [0.05, 0.1) is 22.7 Å². The van der Waals surface area contributed by atoms with Gasteiger partial charge in [-0.3, -0.25) is 0 Å². The van der Waals surface area contributed by atoms with Crippen molar-refractivity contribution in [3.63, 3.8) is 0 Å². The zero-order valence-corrected chi connectivity index (χ0v) is 15.3. The van der Waals surface area contributed by atoms with Crippen LogP contribution in [-0.2, 0) is 4.74 Å². The zero-order chi connectivity index (χ0) is 18.8. The van der Waals surface area contributed by atoms with E-state index in [1.165, 1.54) is 0 Å². The molecule has 0 spiro atoms. The van der Waals surface area contributed by atoms with Crippen molar-refractivity contribution in [1.82, 2.24) is 9.97 Å². The molecule has 0 amide bonds. The summed E-state index contributed by atoms with van der Waals surface area (Å²) in [4.78, 5) is 20.2. The van der Waals surface area contributed by atoms with Crippen LogP contribution in [0, 0.1) is 0 Å². The molecule has 0 saturated heterocycles. The molecule has 0 saturated carbocycles. The van der Waals surface area contributed by atoms with E-state index in [1.807, 2.05) is 68.4 Å². The number of aromatic amines is 1. The molecule has 27 heavy (non-hydrogen) atoms. The number of nitrogens with one attached hydrogen (secondary N) is 1. The van der Waals surface area contributed by atoms with Crippen LogP contribution in [0.5, 0.6) is 0 Å². The lowest BCUT2D eigenvalue weighted by molar-refractivity contribution is 0.0378. The summed E-state index contributed by atoms with van der Waals surface area (Å²) in [7, 11) is 0. The number of aromatic nitrogens is 2. The molecule has 0 aliphatic heterocycles. The van der Waals surface area contributed by atoms with Crippen molar-refractivity contribution in [2.24, 2.45) is 0 Å². The van der Waals surface area contributed by atoms with E-state index in [2.05, 4.69) is 11.1 Å². The van der Waals surface area contributed by atoms with Crippen molar-refractivity contribution in [1.29, 1.82) is 0 Å². The lowest BCUT2D eigenvalue weighted by atomic mass is 9.98. The number of fused-ring (bicyclic) bond motifs is 1. The van der Waals surface area contributed by atoms with Gasteiger partial charge in [-0.15, -0.1) is 0 Å². The molecule has 0 radical (unpaired) electrons. The third-order valence-electron chi connectivity index (χ3n) is 4.35. The largest absolute Gasteiger partial charge is 0.459 e. The first-order chi connectivity index (χ1) is 13.1. The normalized spacial score (nSPS) is 11.1. The molecular weight excluding hydrogens is 336 g/mol. The molecule has 0 bridgehead atoms. The van der Waals surface area contributed by atoms with Gasteiger partial charge in [-0.05, 0) is 49.2 Å². The maximum atomic E-state index is 12.1. The molecule has 4 rings (SSSR count). The molecule has 0 aliphatic carbocycles. The summed E-state index contributed by atoms with van der Waals surface area (Å²) in [5.74, 6) is 0.525. The number of carbonyl (C=O) groups is 1. The third-order valence-corrected chi connectivity index (χ3v) is 4.35. The van der Waals surface area contributed by atoms with Crippen LogP contribution in [0.4, 0.5) is 0 Å². The smallest absolute Gasteiger partial charge is 0.338 e. The maximum Gasteiger partial charge on any atom is 0.338 e. The van der Waals surface area contributed by atoms with Crippen LogP contribution in [0.25, 0.3) is 33.5 Å². The van der Waals surface area contributed by atoms with E-state index < -0.39 is 0 Å². The first-order valence-corrected chi connectivity index (χ1v) is 8.97. The molecule has 3 aromatic carbocycles. The molecule has 1 heterocycles. The highest BCUT2D eigenvalue weighted by molar-refractivity contribution is 5.91. The molecule has 134 valence electrons. The van der Waals surface area contributed by atoms with Crippen LogP contribution in [0.1, 0.15) is 24.2 Å². The molecule has 1 aromatic heterocycles. The Kier molecular flexibility index (Phi) is 4.47. The number of nitrogens with zero attached hydrogens (tertiary/aromatic N) is 1. The molecule has 4 heteroatoms. The number of esters is 1. The topological polar surface area (TPSA) is 55.0 Å². The molecule has 1 N–H and O–H groups in total. The average molecular weight is 356 g/mol. The summed E-state index contributed by atoms with van der Waals surface area (Å²) >= 11 is 0. The van der Waals surface area contributed by atoms with Gasteiger partial charge in [0.1, 0.15) is 5.82 Å². The fourth-order valence-corrected chi connectivity index (χ4v) is 3.09. The lowest BCUT2D eigenvalue weighted by Gasteiger charge is -2.10. The number of benzene rings is 3. The summed E-state index contributed by atoms with van der Waals surface area (Å²) in [6, 6.07) is 23.6. The number of para-hydroxylation sites is 2. The second-order valence-corrected chi connectivity index (χ2v) is 6.68. The Morgan fingerprint density at radius 1 is 0.889 bits per heavy atom. The van der Waals surface area contributed by atoms with E-state index in [4.69, 9.17) is 9.72 Å². The van der Waals surface area contributed by atoms with Crippen molar-refractivity contribution in [2.45, 2.75) is 20.0 Å². The minimum Gasteiger partial charge on any atom is -0.459 e. The minimum absolute atomic E-state index is 0.133. The summed E-state index contributed by atoms with van der Waals surface area (Å²) < 4.78 is 5.25. The van der Waals surface area contributed by atoms with Gasteiger partial charge in [0.2, 0.25) is 0 Å². The first-order valence-electron chi connectivity index (χ1n) is 8.97. The van der Waals surface area contributed by atoms with E-state index in [0.717, 1.165) is 33.5 Å². The van der Waals surface area contributed by atoms with Crippen LogP contribution in [-0.4, -0.2) is 22.0 Å². The molecule has 0 atom stereocenters. The van der Waals surface area contributed by atoms with Gasteiger partial charge in [0, 0.05) is 5.56 Å². The van der Waals surface area contributed by atoms with Crippen molar-refractivity contribution in [3.05, 3.63) is 78.4 Å². The highest BCUT2D eigenvalue weighted by Gasteiger charge is 2.13. The number of hydrogen-bond donors (Lipinski definition) is 1.